The van der Waals surface area contributed by atoms with Crippen molar-refractivity contribution in [2.24, 2.45) is 0 Å². The number of aryl methyl sites for hydroxylation is 1. The Hall–Kier alpha value is -1.68. The fourth-order valence-electron chi connectivity index (χ4n) is 1.69. The molecule has 0 bridgehead atoms. The highest BCUT2D eigenvalue weighted by molar-refractivity contribution is 5.61. The Morgan fingerprint density at radius 3 is 2.94 bits per heavy atom. The van der Waals surface area contributed by atoms with E-state index in [1.165, 1.54) is 12.1 Å². The van der Waals surface area contributed by atoms with Gasteiger partial charge in [-0.25, -0.2) is 9.37 Å². The van der Waals surface area contributed by atoms with Crippen molar-refractivity contribution in [3.8, 4) is 11.3 Å². The Labute approximate surface area is 93.7 Å². The van der Waals surface area contributed by atoms with Crippen LogP contribution in [-0.4, -0.2) is 17.0 Å². The zero-order valence-corrected chi connectivity index (χ0v) is 9.34. The lowest BCUT2D eigenvalue weighted by molar-refractivity contribution is 0.628. The molecule has 1 aromatic carbocycles. The molecule has 4 heteroatoms. The molecule has 1 aromatic heterocycles. The molecule has 84 valence electrons. The van der Waals surface area contributed by atoms with E-state index in [4.69, 9.17) is 0 Å². The van der Waals surface area contributed by atoms with E-state index in [2.05, 4.69) is 15.3 Å². The third-order valence-electron chi connectivity index (χ3n) is 2.38. The van der Waals surface area contributed by atoms with Gasteiger partial charge in [0.15, 0.2) is 0 Å². The van der Waals surface area contributed by atoms with Crippen molar-refractivity contribution < 1.29 is 4.39 Å². The molecule has 0 fully saturated rings. The summed E-state index contributed by atoms with van der Waals surface area (Å²) in [5.74, 6) is 0.620. The van der Waals surface area contributed by atoms with Gasteiger partial charge in [0.05, 0.1) is 12.2 Å². The Kier molecular flexibility index (Phi) is 3.01. The van der Waals surface area contributed by atoms with Crippen LogP contribution in [0.3, 0.4) is 0 Å². The van der Waals surface area contributed by atoms with Gasteiger partial charge >= 0.3 is 0 Å². The Morgan fingerprint density at radius 1 is 1.44 bits per heavy atom. The van der Waals surface area contributed by atoms with Crippen LogP contribution in [0.1, 0.15) is 11.5 Å². The predicted octanol–water partition coefficient (Wildman–Crippen LogP) is 2.24. The number of benzene rings is 1. The largest absolute Gasteiger partial charge is 0.344 e. The van der Waals surface area contributed by atoms with Gasteiger partial charge in [-0.2, -0.15) is 0 Å². The standard InChI is InChI=1S/C12H14FN3/c1-8-12(16-11(15-8)7-14-2)9-4-3-5-10(13)6-9/h3-6,14H,7H2,1-2H3,(H,15,16). The van der Waals surface area contributed by atoms with Crippen molar-refractivity contribution in [2.75, 3.05) is 7.05 Å². The number of aromatic nitrogens is 2. The molecule has 0 atom stereocenters. The minimum absolute atomic E-state index is 0.241. The summed E-state index contributed by atoms with van der Waals surface area (Å²) in [6, 6.07) is 6.47. The normalized spacial score (nSPS) is 10.7. The minimum atomic E-state index is -0.241. The molecule has 0 radical (unpaired) electrons. The predicted molar refractivity (Wildman–Crippen MR) is 61.5 cm³/mol. The first-order valence-corrected chi connectivity index (χ1v) is 5.16. The van der Waals surface area contributed by atoms with Gasteiger partial charge in [-0.3, -0.25) is 0 Å². The first kappa shape index (κ1) is 10.8. The third kappa shape index (κ3) is 2.12. The number of H-pyrrole nitrogens is 1. The van der Waals surface area contributed by atoms with Crippen molar-refractivity contribution in [3.05, 3.63) is 41.6 Å². The minimum Gasteiger partial charge on any atom is -0.344 e. The lowest BCUT2D eigenvalue weighted by atomic mass is 10.1. The summed E-state index contributed by atoms with van der Waals surface area (Å²) in [4.78, 5) is 7.59. The highest BCUT2D eigenvalue weighted by Crippen LogP contribution is 2.21. The van der Waals surface area contributed by atoms with Crippen LogP contribution < -0.4 is 5.32 Å². The van der Waals surface area contributed by atoms with Crippen LogP contribution in [-0.2, 0) is 6.54 Å². The van der Waals surface area contributed by atoms with Crippen molar-refractivity contribution in [1.29, 1.82) is 0 Å². The van der Waals surface area contributed by atoms with Gasteiger partial charge in [-0.15, -0.1) is 0 Å². The fourth-order valence-corrected chi connectivity index (χ4v) is 1.69. The van der Waals surface area contributed by atoms with Crippen LogP contribution in [0.25, 0.3) is 11.3 Å². The van der Waals surface area contributed by atoms with E-state index in [-0.39, 0.29) is 5.82 Å². The van der Waals surface area contributed by atoms with Gasteiger partial charge in [0.2, 0.25) is 0 Å². The maximum absolute atomic E-state index is 13.1. The lowest BCUT2D eigenvalue weighted by Crippen LogP contribution is -2.06. The van der Waals surface area contributed by atoms with Crippen LogP contribution in [0, 0.1) is 12.7 Å². The SMILES string of the molecule is CNCc1nc(-c2cccc(F)c2)c(C)[nH]1. The summed E-state index contributed by atoms with van der Waals surface area (Å²) in [7, 11) is 1.86. The summed E-state index contributed by atoms with van der Waals surface area (Å²) in [6.07, 6.45) is 0. The molecule has 0 amide bonds. The van der Waals surface area contributed by atoms with Crippen LogP contribution in [0.4, 0.5) is 4.39 Å². The first-order valence-electron chi connectivity index (χ1n) is 5.16. The Bertz CT molecular complexity index is 491. The lowest BCUT2D eigenvalue weighted by Gasteiger charge is -1.98. The maximum atomic E-state index is 13.1. The molecule has 0 aliphatic heterocycles. The Balaban J connectivity index is 2.40. The zero-order chi connectivity index (χ0) is 11.5. The van der Waals surface area contributed by atoms with E-state index < -0.39 is 0 Å². The summed E-state index contributed by atoms with van der Waals surface area (Å²) < 4.78 is 13.1. The molecule has 0 spiro atoms. The number of aromatic amines is 1. The van der Waals surface area contributed by atoms with E-state index in [1.54, 1.807) is 6.07 Å². The highest BCUT2D eigenvalue weighted by Gasteiger charge is 2.08. The molecule has 0 aliphatic rings. The molecule has 0 saturated carbocycles. The van der Waals surface area contributed by atoms with E-state index in [0.29, 0.717) is 6.54 Å². The summed E-state index contributed by atoms with van der Waals surface area (Å²) in [5, 5.41) is 3.02. The number of hydrogen-bond donors (Lipinski definition) is 2. The molecule has 2 aromatic rings. The molecule has 16 heavy (non-hydrogen) atoms. The summed E-state index contributed by atoms with van der Waals surface area (Å²) in [6.45, 7) is 2.61. The fraction of sp³-hybridized carbons (Fsp3) is 0.250. The quantitative estimate of drug-likeness (QED) is 0.831. The Morgan fingerprint density at radius 2 is 2.25 bits per heavy atom. The molecule has 2 N–H and O–H groups in total. The summed E-state index contributed by atoms with van der Waals surface area (Å²) in [5.41, 5.74) is 2.57. The van der Waals surface area contributed by atoms with Crippen molar-refractivity contribution in [1.82, 2.24) is 15.3 Å². The van der Waals surface area contributed by atoms with Crippen LogP contribution in [0.2, 0.25) is 0 Å². The van der Waals surface area contributed by atoms with Crippen molar-refractivity contribution in [2.45, 2.75) is 13.5 Å². The van der Waals surface area contributed by atoms with Crippen LogP contribution in [0.15, 0.2) is 24.3 Å². The number of nitrogens with zero attached hydrogens (tertiary/aromatic N) is 1. The monoisotopic (exact) mass is 219 g/mol. The number of halogens is 1. The van der Waals surface area contributed by atoms with Crippen LogP contribution in [0.5, 0.6) is 0 Å². The molecular formula is C12H14FN3. The number of imidazole rings is 1. The molecule has 3 nitrogen and oxygen atoms in total. The van der Waals surface area contributed by atoms with Gasteiger partial charge in [-0.1, -0.05) is 12.1 Å². The van der Waals surface area contributed by atoms with E-state index >= 15 is 0 Å². The molecule has 0 aliphatic carbocycles. The van der Waals surface area contributed by atoms with Gasteiger partial charge < -0.3 is 10.3 Å². The second kappa shape index (κ2) is 4.45. The number of nitrogens with one attached hydrogen (secondary N) is 2. The highest BCUT2D eigenvalue weighted by atomic mass is 19.1. The van der Waals surface area contributed by atoms with E-state index in [0.717, 1.165) is 22.8 Å². The molecule has 0 saturated heterocycles. The zero-order valence-electron chi connectivity index (χ0n) is 9.34. The molecule has 0 unspecified atom stereocenters. The van der Waals surface area contributed by atoms with Gasteiger partial charge in [0, 0.05) is 11.3 Å². The molecule has 1 heterocycles. The van der Waals surface area contributed by atoms with Crippen molar-refractivity contribution >= 4 is 0 Å². The third-order valence-corrected chi connectivity index (χ3v) is 2.38. The van der Waals surface area contributed by atoms with E-state index in [9.17, 15) is 4.39 Å². The first-order chi connectivity index (χ1) is 7.70. The van der Waals surface area contributed by atoms with Crippen molar-refractivity contribution in [3.63, 3.8) is 0 Å². The average Bonchev–Trinajstić information content (AvgIpc) is 2.60. The molecular weight excluding hydrogens is 205 g/mol. The smallest absolute Gasteiger partial charge is 0.123 e. The van der Waals surface area contributed by atoms with Crippen LogP contribution >= 0.6 is 0 Å². The topological polar surface area (TPSA) is 40.7 Å². The second-order valence-corrected chi connectivity index (χ2v) is 3.70. The molecule has 2 rings (SSSR count). The average molecular weight is 219 g/mol. The number of rotatable bonds is 3. The van der Waals surface area contributed by atoms with E-state index in [1.807, 2.05) is 20.0 Å². The maximum Gasteiger partial charge on any atom is 0.123 e. The van der Waals surface area contributed by atoms with Gasteiger partial charge in [0.1, 0.15) is 11.6 Å². The van der Waals surface area contributed by atoms with Gasteiger partial charge in [0.25, 0.3) is 0 Å². The number of hydrogen-bond acceptors (Lipinski definition) is 2. The second-order valence-electron chi connectivity index (χ2n) is 3.70. The summed E-state index contributed by atoms with van der Waals surface area (Å²) >= 11 is 0. The van der Waals surface area contributed by atoms with Gasteiger partial charge in [-0.05, 0) is 26.1 Å².